The predicted molar refractivity (Wildman–Crippen MR) is 140 cm³/mol. The fourth-order valence-electron chi connectivity index (χ4n) is 4.46. The van der Waals surface area contributed by atoms with Crippen LogP contribution in [0.3, 0.4) is 0 Å². The lowest BCUT2D eigenvalue weighted by atomic mass is 9.87. The molecular formula is C28H36N4OS. The molecule has 0 radical (unpaired) electrons. The van der Waals surface area contributed by atoms with E-state index >= 15 is 0 Å². The van der Waals surface area contributed by atoms with Gasteiger partial charge in [0.25, 0.3) is 0 Å². The second-order valence-corrected chi connectivity index (χ2v) is 11.2. The Hall–Kier alpha value is -2.60. The zero-order chi connectivity index (χ0) is 24.0. The SMILES string of the molecule is CC(C)(C)c1ccc(-c2nnc(SCC(=O)NC3CCCCCC3)n2Cc2ccccc2)cc1. The van der Waals surface area contributed by atoms with Crippen LogP contribution in [0.25, 0.3) is 11.4 Å². The summed E-state index contributed by atoms with van der Waals surface area (Å²) in [4.78, 5) is 12.7. The van der Waals surface area contributed by atoms with Crippen LogP contribution in [0.2, 0.25) is 0 Å². The molecule has 0 saturated heterocycles. The summed E-state index contributed by atoms with van der Waals surface area (Å²) >= 11 is 1.47. The monoisotopic (exact) mass is 476 g/mol. The van der Waals surface area contributed by atoms with E-state index in [2.05, 4.69) is 77.3 Å². The molecule has 1 N–H and O–H groups in total. The number of hydrogen-bond donors (Lipinski definition) is 1. The van der Waals surface area contributed by atoms with E-state index in [-0.39, 0.29) is 11.3 Å². The Morgan fingerprint density at radius 2 is 1.65 bits per heavy atom. The van der Waals surface area contributed by atoms with Gasteiger partial charge in [-0.2, -0.15) is 0 Å². The number of rotatable bonds is 7. The fourth-order valence-corrected chi connectivity index (χ4v) is 5.21. The molecule has 0 unspecified atom stereocenters. The van der Waals surface area contributed by atoms with Crippen LogP contribution in [0, 0.1) is 0 Å². The second kappa shape index (κ2) is 11.2. The Bertz CT molecular complexity index is 1060. The molecule has 1 saturated carbocycles. The van der Waals surface area contributed by atoms with E-state index in [1.165, 1.54) is 48.6 Å². The molecule has 3 aromatic rings. The predicted octanol–water partition coefficient (Wildman–Crippen LogP) is 6.22. The Morgan fingerprint density at radius 3 is 2.29 bits per heavy atom. The molecule has 0 bridgehead atoms. The van der Waals surface area contributed by atoms with E-state index in [0.29, 0.717) is 18.3 Å². The lowest BCUT2D eigenvalue weighted by Crippen LogP contribution is -2.35. The van der Waals surface area contributed by atoms with Crippen LogP contribution in [-0.4, -0.2) is 32.5 Å². The molecule has 34 heavy (non-hydrogen) atoms. The van der Waals surface area contributed by atoms with E-state index in [1.807, 2.05) is 18.2 Å². The first-order valence-electron chi connectivity index (χ1n) is 12.4. The molecule has 1 fully saturated rings. The minimum Gasteiger partial charge on any atom is -0.353 e. The summed E-state index contributed by atoms with van der Waals surface area (Å²) < 4.78 is 2.13. The van der Waals surface area contributed by atoms with Gasteiger partial charge in [-0.25, -0.2) is 0 Å². The highest BCUT2D eigenvalue weighted by Crippen LogP contribution is 2.28. The fraction of sp³-hybridized carbons (Fsp3) is 0.464. The molecular weight excluding hydrogens is 440 g/mol. The van der Waals surface area contributed by atoms with E-state index in [9.17, 15) is 4.79 Å². The van der Waals surface area contributed by atoms with Crippen molar-refractivity contribution >= 4 is 17.7 Å². The Balaban J connectivity index is 1.52. The van der Waals surface area contributed by atoms with Gasteiger partial charge in [-0.05, 0) is 29.4 Å². The lowest BCUT2D eigenvalue weighted by Gasteiger charge is -2.19. The van der Waals surface area contributed by atoms with Crippen molar-refractivity contribution in [2.75, 3.05) is 5.75 Å². The molecule has 1 aliphatic rings. The van der Waals surface area contributed by atoms with Gasteiger partial charge in [0.1, 0.15) is 0 Å². The summed E-state index contributed by atoms with van der Waals surface area (Å²) in [6.45, 7) is 7.31. The number of aromatic nitrogens is 3. The summed E-state index contributed by atoms with van der Waals surface area (Å²) in [5.74, 6) is 1.27. The molecule has 0 spiro atoms. The van der Waals surface area contributed by atoms with Gasteiger partial charge < -0.3 is 5.32 Å². The maximum atomic E-state index is 12.7. The van der Waals surface area contributed by atoms with Gasteiger partial charge in [0.2, 0.25) is 5.91 Å². The number of hydrogen-bond acceptors (Lipinski definition) is 4. The van der Waals surface area contributed by atoms with Gasteiger partial charge in [-0.15, -0.1) is 10.2 Å². The van der Waals surface area contributed by atoms with Crippen molar-refractivity contribution in [1.82, 2.24) is 20.1 Å². The summed E-state index contributed by atoms with van der Waals surface area (Å²) in [6, 6.07) is 19.2. The van der Waals surface area contributed by atoms with Gasteiger partial charge >= 0.3 is 0 Å². The lowest BCUT2D eigenvalue weighted by molar-refractivity contribution is -0.119. The van der Waals surface area contributed by atoms with Crippen LogP contribution in [-0.2, 0) is 16.8 Å². The molecule has 180 valence electrons. The molecule has 2 aromatic carbocycles. The van der Waals surface area contributed by atoms with Gasteiger partial charge in [-0.1, -0.05) is 113 Å². The molecule has 1 aromatic heterocycles. The standard InChI is InChI=1S/C28H36N4OS/c1-28(2,3)23-17-15-22(16-18-23)26-30-31-27(32(26)19-21-11-7-6-8-12-21)34-20-25(33)29-24-13-9-4-5-10-14-24/h6-8,11-12,15-18,24H,4-5,9-10,13-14,19-20H2,1-3H3,(H,29,33). The number of benzene rings is 2. The van der Waals surface area contributed by atoms with Crippen LogP contribution >= 0.6 is 11.8 Å². The normalized spacial score (nSPS) is 15.1. The third-order valence-corrected chi connectivity index (χ3v) is 7.43. The van der Waals surface area contributed by atoms with Crippen LogP contribution in [0.15, 0.2) is 59.8 Å². The molecule has 1 amide bonds. The molecule has 0 aliphatic heterocycles. The van der Waals surface area contributed by atoms with Crippen LogP contribution in [0.4, 0.5) is 0 Å². The smallest absolute Gasteiger partial charge is 0.230 e. The molecule has 6 heteroatoms. The highest BCUT2D eigenvalue weighted by molar-refractivity contribution is 7.99. The topological polar surface area (TPSA) is 59.8 Å². The first kappa shape index (κ1) is 24.5. The van der Waals surface area contributed by atoms with Crippen molar-refractivity contribution in [2.24, 2.45) is 0 Å². The number of nitrogens with one attached hydrogen (secondary N) is 1. The number of thioether (sulfide) groups is 1. The van der Waals surface area contributed by atoms with Crippen molar-refractivity contribution in [2.45, 2.75) is 82.5 Å². The van der Waals surface area contributed by atoms with E-state index in [4.69, 9.17) is 0 Å². The molecule has 1 aliphatic carbocycles. The van der Waals surface area contributed by atoms with Crippen molar-refractivity contribution in [3.05, 3.63) is 65.7 Å². The largest absolute Gasteiger partial charge is 0.353 e. The Kier molecular flexibility index (Phi) is 8.09. The van der Waals surface area contributed by atoms with Crippen LogP contribution in [0.1, 0.15) is 70.4 Å². The Morgan fingerprint density at radius 1 is 0.971 bits per heavy atom. The van der Waals surface area contributed by atoms with Crippen molar-refractivity contribution in [3.63, 3.8) is 0 Å². The Labute approximate surface area is 207 Å². The van der Waals surface area contributed by atoms with Crippen molar-refractivity contribution in [3.8, 4) is 11.4 Å². The van der Waals surface area contributed by atoms with E-state index in [1.54, 1.807) is 0 Å². The van der Waals surface area contributed by atoms with Gasteiger partial charge in [0, 0.05) is 11.6 Å². The highest BCUT2D eigenvalue weighted by atomic mass is 32.2. The van der Waals surface area contributed by atoms with Gasteiger partial charge in [-0.3, -0.25) is 9.36 Å². The third kappa shape index (κ3) is 6.50. The summed E-state index contributed by atoms with van der Waals surface area (Å²) in [6.07, 6.45) is 7.17. The number of carbonyl (C=O) groups excluding carboxylic acids is 1. The second-order valence-electron chi connectivity index (χ2n) is 10.2. The average Bonchev–Trinajstić information content (AvgIpc) is 3.03. The quantitative estimate of drug-likeness (QED) is 0.325. The first-order chi connectivity index (χ1) is 16.4. The first-order valence-corrected chi connectivity index (χ1v) is 13.4. The molecule has 4 rings (SSSR count). The zero-order valence-corrected chi connectivity index (χ0v) is 21.4. The third-order valence-electron chi connectivity index (χ3n) is 6.46. The zero-order valence-electron chi connectivity index (χ0n) is 20.6. The molecule has 5 nitrogen and oxygen atoms in total. The van der Waals surface area contributed by atoms with Crippen molar-refractivity contribution in [1.29, 1.82) is 0 Å². The van der Waals surface area contributed by atoms with E-state index in [0.717, 1.165) is 29.4 Å². The van der Waals surface area contributed by atoms with E-state index < -0.39 is 0 Å². The number of nitrogens with zero attached hydrogens (tertiary/aromatic N) is 3. The van der Waals surface area contributed by atoms with Crippen molar-refractivity contribution < 1.29 is 4.79 Å². The van der Waals surface area contributed by atoms with Gasteiger partial charge in [0.05, 0.1) is 12.3 Å². The van der Waals surface area contributed by atoms with Crippen LogP contribution in [0.5, 0.6) is 0 Å². The highest BCUT2D eigenvalue weighted by Gasteiger charge is 2.19. The number of amides is 1. The molecule has 1 heterocycles. The van der Waals surface area contributed by atoms with Crippen LogP contribution < -0.4 is 5.32 Å². The summed E-state index contributed by atoms with van der Waals surface area (Å²) in [5, 5.41) is 13.0. The maximum Gasteiger partial charge on any atom is 0.230 e. The van der Waals surface area contributed by atoms with Gasteiger partial charge in [0.15, 0.2) is 11.0 Å². The average molecular weight is 477 g/mol. The molecule has 0 atom stereocenters. The summed E-state index contributed by atoms with van der Waals surface area (Å²) in [5.41, 5.74) is 3.60. The number of carbonyl (C=O) groups is 1. The minimum atomic E-state index is 0.0854. The minimum absolute atomic E-state index is 0.0854. The maximum absolute atomic E-state index is 12.7. The summed E-state index contributed by atoms with van der Waals surface area (Å²) in [7, 11) is 0.